The Balaban J connectivity index is 1.80. The van der Waals surface area contributed by atoms with E-state index >= 15 is 0 Å². The topological polar surface area (TPSA) is 83.2 Å². The van der Waals surface area contributed by atoms with Crippen LogP contribution >= 0.6 is 23.1 Å². The van der Waals surface area contributed by atoms with Crippen LogP contribution in [0.15, 0.2) is 28.6 Å². The molecule has 7 heteroatoms. The zero-order valence-corrected chi connectivity index (χ0v) is 12.8. The average Bonchev–Trinajstić information content (AvgIpc) is 2.85. The minimum absolute atomic E-state index is 0.283. The first-order valence-electron chi connectivity index (χ1n) is 6.06. The number of nitrogens with zero attached hydrogens (tertiary/aromatic N) is 2. The number of thiazole rings is 1. The molecule has 2 aromatic rings. The predicted octanol–water partition coefficient (Wildman–Crippen LogP) is 3.19. The van der Waals surface area contributed by atoms with Gasteiger partial charge in [-0.25, -0.2) is 9.78 Å². The first-order chi connectivity index (χ1) is 10.1. The number of hydrogen-bond acceptors (Lipinski definition) is 6. The van der Waals surface area contributed by atoms with E-state index in [0.717, 1.165) is 4.34 Å². The van der Waals surface area contributed by atoms with Gasteiger partial charge in [0.2, 0.25) is 0 Å². The summed E-state index contributed by atoms with van der Waals surface area (Å²) in [6, 6.07) is 8.94. The van der Waals surface area contributed by atoms with Gasteiger partial charge in [-0.1, -0.05) is 11.8 Å². The van der Waals surface area contributed by atoms with Crippen molar-refractivity contribution < 1.29 is 14.6 Å². The van der Waals surface area contributed by atoms with Crippen molar-refractivity contribution in [2.24, 2.45) is 0 Å². The highest BCUT2D eigenvalue weighted by molar-refractivity contribution is 8.01. The monoisotopic (exact) mass is 320 g/mol. The molecule has 0 aliphatic rings. The van der Waals surface area contributed by atoms with Crippen LogP contribution in [0.2, 0.25) is 0 Å². The number of benzene rings is 1. The van der Waals surface area contributed by atoms with Crippen LogP contribution in [0.3, 0.4) is 0 Å². The number of aromatic nitrogens is 1. The number of carbonyl (C=O) groups is 1. The van der Waals surface area contributed by atoms with Gasteiger partial charge in [0, 0.05) is 5.75 Å². The fourth-order valence-electron chi connectivity index (χ4n) is 1.55. The van der Waals surface area contributed by atoms with Crippen LogP contribution in [0.1, 0.15) is 20.9 Å². The molecule has 1 heterocycles. The molecule has 0 unspecified atom stereocenters. The molecule has 0 spiro atoms. The fourth-order valence-corrected chi connectivity index (χ4v) is 3.46. The molecule has 0 bridgehead atoms. The van der Waals surface area contributed by atoms with Crippen molar-refractivity contribution in [2.75, 3.05) is 12.4 Å². The molecule has 0 saturated carbocycles. The molecular weight excluding hydrogens is 308 g/mol. The second-order valence-electron chi connectivity index (χ2n) is 4.03. The summed E-state index contributed by atoms with van der Waals surface area (Å²) in [5.74, 6) is 0.438. The molecule has 5 nitrogen and oxygen atoms in total. The Labute approximate surface area is 130 Å². The summed E-state index contributed by atoms with van der Waals surface area (Å²) in [5.41, 5.74) is 1.14. The molecule has 0 fully saturated rings. The largest absolute Gasteiger partial charge is 0.493 e. The number of carboxylic acids is 1. The summed E-state index contributed by atoms with van der Waals surface area (Å²) >= 11 is 2.65. The number of thioether (sulfide) groups is 1. The molecule has 0 saturated heterocycles. The number of aromatic carboxylic acids is 1. The Bertz CT molecular complexity index is 675. The Hall–Kier alpha value is -2.04. The Morgan fingerprint density at radius 2 is 2.19 bits per heavy atom. The zero-order chi connectivity index (χ0) is 15.2. The summed E-state index contributed by atoms with van der Waals surface area (Å²) in [6.45, 7) is 2.18. The third kappa shape index (κ3) is 4.21. The average molecular weight is 320 g/mol. The van der Waals surface area contributed by atoms with Gasteiger partial charge in [-0.3, -0.25) is 0 Å². The summed E-state index contributed by atoms with van der Waals surface area (Å²) in [4.78, 5) is 15.4. The van der Waals surface area contributed by atoms with Crippen LogP contribution < -0.4 is 4.74 Å². The highest BCUT2D eigenvalue weighted by Gasteiger charge is 2.13. The lowest BCUT2D eigenvalue weighted by atomic mass is 10.2. The van der Waals surface area contributed by atoms with E-state index in [0.29, 0.717) is 29.4 Å². The molecule has 108 valence electrons. The third-order valence-corrected chi connectivity index (χ3v) is 4.78. The quantitative estimate of drug-likeness (QED) is 0.650. The molecule has 0 aliphatic carbocycles. The van der Waals surface area contributed by atoms with Crippen molar-refractivity contribution in [3.05, 3.63) is 40.4 Å². The van der Waals surface area contributed by atoms with Crippen molar-refractivity contribution in [3.63, 3.8) is 0 Å². The Kier molecular flexibility index (Phi) is 5.20. The Morgan fingerprint density at radius 1 is 1.48 bits per heavy atom. The summed E-state index contributed by atoms with van der Waals surface area (Å²) in [6.07, 6.45) is 0. The van der Waals surface area contributed by atoms with E-state index in [9.17, 15) is 4.79 Å². The maximum Gasteiger partial charge on any atom is 0.347 e. The van der Waals surface area contributed by atoms with E-state index in [1.165, 1.54) is 23.1 Å². The molecule has 2 rings (SSSR count). The first kappa shape index (κ1) is 15.4. The van der Waals surface area contributed by atoms with E-state index in [1.54, 1.807) is 31.2 Å². The second kappa shape index (κ2) is 7.11. The molecule has 1 aromatic heterocycles. The van der Waals surface area contributed by atoms with Crippen LogP contribution in [-0.2, 0) is 0 Å². The number of rotatable bonds is 6. The number of carboxylic acid groups (broad SMARTS) is 1. The molecule has 0 amide bonds. The number of ether oxygens (including phenoxy) is 1. The lowest BCUT2D eigenvalue weighted by molar-refractivity contribution is 0.0701. The minimum Gasteiger partial charge on any atom is -0.493 e. The maximum absolute atomic E-state index is 10.9. The van der Waals surface area contributed by atoms with E-state index in [2.05, 4.69) is 4.98 Å². The normalized spacial score (nSPS) is 10.1. The van der Waals surface area contributed by atoms with Gasteiger partial charge in [0.1, 0.15) is 10.6 Å². The van der Waals surface area contributed by atoms with Gasteiger partial charge in [-0.15, -0.1) is 11.3 Å². The van der Waals surface area contributed by atoms with Crippen LogP contribution in [0.5, 0.6) is 5.75 Å². The molecule has 0 radical (unpaired) electrons. The van der Waals surface area contributed by atoms with E-state index in [4.69, 9.17) is 15.1 Å². The lowest BCUT2D eigenvalue weighted by Crippen LogP contribution is -1.99. The van der Waals surface area contributed by atoms with Crippen molar-refractivity contribution in [2.45, 2.75) is 11.3 Å². The van der Waals surface area contributed by atoms with Gasteiger partial charge in [0.15, 0.2) is 4.34 Å². The Morgan fingerprint density at radius 3 is 2.76 bits per heavy atom. The van der Waals surface area contributed by atoms with E-state index in [-0.39, 0.29) is 4.88 Å². The van der Waals surface area contributed by atoms with Gasteiger partial charge < -0.3 is 9.84 Å². The van der Waals surface area contributed by atoms with Crippen LogP contribution in [0.25, 0.3) is 0 Å². The SMILES string of the molecule is Cc1nc(SCCOc2ccc(C#N)cc2)sc1C(=O)O. The lowest BCUT2D eigenvalue weighted by Gasteiger charge is -2.04. The predicted molar refractivity (Wildman–Crippen MR) is 81.2 cm³/mol. The van der Waals surface area contributed by atoms with Crippen LogP contribution in [-0.4, -0.2) is 28.4 Å². The van der Waals surface area contributed by atoms with Crippen molar-refractivity contribution >= 4 is 29.1 Å². The van der Waals surface area contributed by atoms with Crippen LogP contribution in [0.4, 0.5) is 0 Å². The van der Waals surface area contributed by atoms with Crippen LogP contribution in [0, 0.1) is 18.3 Å². The molecular formula is C14H12N2O3S2. The number of hydrogen-bond donors (Lipinski definition) is 1. The van der Waals surface area contributed by atoms with E-state index in [1.807, 2.05) is 6.07 Å². The third-order valence-electron chi connectivity index (χ3n) is 2.53. The number of nitriles is 1. The van der Waals surface area contributed by atoms with Crippen molar-refractivity contribution in [1.29, 1.82) is 5.26 Å². The highest BCUT2D eigenvalue weighted by Crippen LogP contribution is 2.27. The van der Waals surface area contributed by atoms with Crippen molar-refractivity contribution in [1.82, 2.24) is 4.98 Å². The van der Waals surface area contributed by atoms with Gasteiger partial charge in [0.05, 0.1) is 23.9 Å². The molecule has 0 atom stereocenters. The standard InChI is InChI=1S/C14H12N2O3S2/c1-9-12(13(17)18)21-14(16-9)20-7-6-19-11-4-2-10(8-15)3-5-11/h2-5H,6-7H2,1H3,(H,17,18). The second-order valence-corrected chi connectivity index (χ2v) is 6.37. The zero-order valence-electron chi connectivity index (χ0n) is 11.2. The summed E-state index contributed by atoms with van der Waals surface area (Å²) < 4.78 is 6.27. The van der Waals surface area contributed by atoms with Crippen molar-refractivity contribution in [3.8, 4) is 11.8 Å². The fraction of sp³-hybridized carbons (Fsp3) is 0.214. The van der Waals surface area contributed by atoms with Gasteiger partial charge in [-0.2, -0.15) is 5.26 Å². The van der Waals surface area contributed by atoms with Gasteiger partial charge in [-0.05, 0) is 31.2 Å². The smallest absolute Gasteiger partial charge is 0.347 e. The highest BCUT2D eigenvalue weighted by atomic mass is 32.2. The molecule has 1 N–H and O–H groups in total. The molecule has 0 aliphatic heterocycles. The van der Waals surface area contributed by atoms with Gasteiger partial charge >= 0.3 is 5.97 Å². The summed E-state index contributed by atoms with van der Waals surface area (Å²) in [7, 11) is 0. The minimum atomic E-state index is -0.939. The maximum atomic E-state index is 10.9. The molecule has 21 heavy (non-hydrogen) atoms. The van der Waals surface area contributed by atoms with E-state index < -0.39 is 5.97 Å². The number of aryl methyl sites for hydroxylation is 1. The first-order valence-corrected chi connectivity index (χ1v) is 7.87. The van der Waals surface area contributed by atoms with Gasteiger partial charge in [0.25, 0.3) is 0 Å². The summed E-state index contributed by atoms with van der Waals surface area (Å²) in [5, 5.41) is 17.6. The molecule has 1 aromatic carbocycles.